The second kappa shape index (κ2) is 9.44. The van der Waals surface area contributed by atoms with Crippen LogP contribution in [-0.2, 0) is 4.74 Å². The number of aryl methyl sites for hydroxylation is 1. The largest absolute Gasteiger partial charge is 0.496 e. The fraction of sp³-hybridized carbons (Fsp3) is 0.440. The highest BCUT2D eigenvalue weighted by Gasteiger charge is 2.31. The van der Waals surface area contributed by atoms with Gasteiger partial charge in [-0.05, 0) is 46.8 Å². The van der Waals surface area contributed by atoms with Gasteiger partial charge in [0.2, 0.25) is 0 Å². The number of methoxy groups -OCH3 is 1. The number of nitrogens with zero attached hydrogens (tertiary/aromatic N) is 5. The number of amides is 2. The lowest BCUT2D eigenvalue weighted by Gasteiger charge is -2.41. The van der Waals surface area contributed by atoms with Gasteiger partial charge in [0.1, 0.15) is 22.8 Å². The predicted molar refractivity (Wildman–Crippen MR) is 133 cm³/mol. The number of nitrogens with one attached hydrogen (secondary N) is 1. The van der Waals surface area contributed by atoms with Crippen molar-refractivity contribution < 1.29 is 19.1 Å². The number of rotatable bonds is 4. The third kappa shape index (κ3) is 5.47. The molecule has 35 heavy (non-hydrogen) atoms. The number of ether oxygens (including phenoxy) is 2. The van der Waals surface area contributed by atoms with E-state index in [2.05, 4.69) is 20.2 Å². The van der Waals surface area contributed by atoms with Crippen molar-refractivity contribution in [3.05, 3.63) is 48.0 Å². The van der Waals surface area contributed by atoms with E-state index in [0.29, 0.717) is 42.4 Å². The maximum absolute atomic E-state index is 12.9. The number of aromatic nitrogens is 3. The lowest BCUT2D eigenvalue weighted by molar-refractivity contribution is 0.0159. The van der Waals surface area contributed by atoms with Crippen LogP contribution in [0, 0.1) is 6.92 Å². The number of hydrogen-bond donors (Lipinski definition) is 1. The summed E-state index contributed by atoms with van der Waals surface area (Å²) >= 11 is 0. The topological polar surface area (TPSA) is 101 Å². The molecule has 4 heterocycles. The maximum atomic E-state index is 12.9. The Hall–Kier alpha value is -3.82. The number of piperazine rings is 1. The molecule has 1 N–H and O–H groups in total. The van der Waals surface area contributed by atoms with Crippen molar-refractivity contribution in [2.45, 2.75) is 46.3 Å². The fourth-order valence-electron chi connectivity index (χ4n) is 4.10. The highest BCUT2D eigenvalue weighted by Crippen LogP contribution is 2.24. The van der Waals surface area contributed by atoms with Crippen LogP contribution in [0.5, 0.6) is 5.75 Å². The van der Waals surface area contributed by atoms with Crippen molar-refractivity contribution >= 4 is 29.2 Å². The molecule has 2 amide bonds. The zero-order valence-electron chi connectivity index (χ0n) is 21.0. The van der Waals surface area contributed by atoms with E-state index in [9.17, 15) is 9.59 Å². The van der Waals surface area contributed by atoms with E-state index >= 15 is 0 Å². The first-order chi connectivity index (χ1) is 16.5. The van der Waals surface area contributed by atoms with Crippen LogP contribution in [0.15, 0.2) is 36.8 Å². The minimum atomic E-state index is -0.522. The zero-order valence-corrected chi connectivity index (χ0v) is 21.0. The van der Waals surface area contributed by atoms with E-state index in [1.54, 1.807) is 33.8 Å². The molecule has 1 saturated heterocycles. The first-order valence-electron chi connectivity index (χ1n) is 11.6. The normalized spacial score (nSPS) is 16.3. The second-order valence-corrected chi connectivity index (χ2v) is 9.73. The summed E-state index contributed by atoms with van der Waals surface area (Å²) in [5, 5.41) is 2.84. The lowest BCUT2D eigenvalue weighted by Crippen LogP contribution is -2.55. The van der Waals surface area contributed by atoms with Gasteiger partial charge in [0, 0.05) is 44.1 Å². The van der Waals surface area contributed by atoms with Crippen LogP contribution < -0.4 is 15.0 Å². The third-order valence-electron chi connectivity index (χ3n) is 5.75. The molecular weight excluding hydrogens is 448 g/mol. The molecular formula is C25H32N6O4. The smallest absolute Gasteiger partial charge is 0.410 e. The number of carbonyl (C=O) groups is 2. The van der Waals surface area contributed by atoms with Gasteiger partial charge in [0.05, 0.1) is 30.3 Å². The lowest BCUT2D eigenvalue weighted by atomic mass is 10.1. The molecule has 3 aromatic heterocycles. The Kier molecular flexibility index (Phi) is 6.56. The molecule has 1 fully saturated rings. The minimum Gasteiger partial charge on any atom is -0.496 e. The van der Waals surface area contributed by atoms with E-state index in [0.717, 1.165) is 11.4 Å². The fourth-order valence-corrected chi connectivity index (χ4v) is 4.10. The van der Waals surface area contributed by atoms with E-state index in [-0.39, 0.29) is 18.0 Å². The number of hydrogen-bond acceptors (Lipinski definition) is 7. The van der Waals surface area contributed by atoms with Gasteiger partial charge in [0.25, 0.3) is 5.91 Å². The second-order valence-electron chi connectivity index (χ2n) is 9.73. The summed E-state index contributed by atoms with van der Waals surface area (Å²) in [7, 11) is 1.52. The highest BCUT2D eigenvalue weighted by molar-refractivity contribution is 6.05. The summed E-state index contributed by atoms with van der Waals surface area (Å²) in [5.74, 6) is 0.548. The molecule has 0 saturated carbocycles. The van der Waals surface area contributed by atoms with Crippen LogP contribution in [0.1, 0.15) is 43.7 Å². The van der Waals surface area contributed by atoms with Gasteiger partial charge in [-0.15, -0.1) is 0 Å². The van der Waals surface area contributed by atoms with E-state index < -0.39 is 5.60 Å². The van der Waals surface area contributed by atoms with Crippen LogP contribution in [0.25, 0.3) is 5.65 Å². The average Bonchev–Trinajstić information content (AvgIpc) is 3.16. The molecule has 4 rings (SSSR count). The molecule has 1 aliphatic rings. The van der Waals surface area contributed by atoms with Crippen molar-refractivity contribution in [1.29, 1.82) is 0 Å². The Labute approximate surface area is 204 Å². The van der Waals surface area contributed by atoms with Crippen LogP contribution in [-0.4, -0.2) is 69.7 Å². The van der Waals surface area contributed by atoms with Crippen molar-refractivity contribution in [2.75, 3.05) is 37.0 Å². The summed E-state index contributed by atoms with van der Waals surface area (Å²) in [6, 6.07) is 5.41. The molecule has 0 aliphatic carbocycles. The van der Waals surface area contributed by atoms with E-state index in [1.165, 1.54) is 7.11 Å². The molecule has 186 valence electrons. The maximum Gasteiger partial charge on any atom is 0.410 e. The number of carbonyl (C=O) groups excluding carboxylic acids is 2. The Morgan fingerprint density at radius 1 is 1.17 bits per heavy atom. The Morgan fingerprint density at radius 2 is 1.94 bits per heavy atom. The van der Waals surface area contributed by atoms with Crippen molar-refractivity contribution in [1.82, 2.24) is 19.3 Å². The summed E-state index contributed by atoms with van der Waals surface area (Å²) < 4.78 is 12.7. The molecule has 0 spiro atoms. The average molecular weight is 481 g/mol. The highest BCUT2D eigenvalue weighted by atomic mass is 16.6. The Bertz CT molecular complexity index is 1230. The Morgan fingerprint density at radius 3 is 2.57 bits per heavy atom. The van der Waals surface area contributed by atoms with Gasteiger partial charge in [-0.3, -0.25) is 4.79 Å². The van der Waals surface area contributed by atoms with Gasteiger partial charge < -0.3 is 29.0 Å². The summed E-state index contributed by atoms with van der Waals surface area (Å²) in [4.78, 5) is 38.2. The van der Waals surface area contributed by atoms with Gasteiger partial charge in [-0.1, -0.05) is 0 Å². The summed E-state index contributed by atoms with van der Waals surface area (Å²) in [6.07, 6.45) is 4.98. The first kappa shape index (κ1) is 24.3. The number of pyridine rings is 2. The predicted octanol–water partition coefficient (Wildman–Crippen LogP) is 3.74. The van der Waals surface area contributed by atoms with Gasteiger partial charge in [0.15, 0.2) is 0 Å². The van der Waals surface area contributed by atoms with Crippen molar-refractivity contribution in [3.8, 4) is 5.75 Å². The van der Waals surface area contributed by atoms with Crippen LogP contribution in [0.3, 0.4) is 0 Å². The van der Waals surface area contributed by atoms with Gasteiger partial charge >= 0.3 is 6.09 Å². The van der Waals surface area contributed by atoms with E-state index in [4.69, 9.17) is 9.47 Å². The third-order valence-corrected chi connectivity index (χ3v) is 5.75. The standard InChI is InChI=1S/C25H32N6O4/c1-16-13-30-15-19(20(34-6)11-22(30)27-16)23(32)28-21-8-7-18(12-26-21)29-9-10-31(17(2)14-29)24(33)35-25(3,4)5/h7-8,11-13,15,17H,9-10,14H2,1-6H3,(H,26,28,32)/t17-/m0/s1. The van der Waals surface area contributed by atoms with Crippen molar-refractivity contribution in [3.63, 3.8) is 0 Å². The molecule has 0 aromatic carbocycles. The molecule has 10 nitrogen and oxygen atoms in total. The molecule has 3 aromatic rings. The van der Waals surface area contributed by atoms with Gasteiger partial charge in [-0.2, -0.15) is 0 Å². The molecule has 0 radical (unpaired) electrons. The molecule has 0 bridgehead atoms. The van der Waals surface area contributed by atoms with Crippen LogP contribution in [0.4, 0.5) is 16.3 Å². The summed E-state index contributed by atoms with van der Waals surface area (Å²) in [5.41, 5.74) is 2.34. The number of imidazole rings is 1. The SMILES string of the molecule is COc1cc2nc(C)cn2cc1C(=O)Nc1ccc(N2CCN(C(=O)OC(C)(C)C)[C@@H](C)C2)cn1. The van der Waals surface area contributed by atoms with Crippen molar-refractivity contribution in [2.24, 2.45) is 0 Å². The van der Waals surface area contributed by atoms with E-state index in [1.807, 2.05) is 46.9 Å². The number of fused-ring (bicyclic) bond motifs is 1. The van der Waals surface area contributed by atoms with Crippen LogP contribution in [0.2, 0.25) is 0 Å². The summed E-state index contributed by atoms with van der Waals surface area (Å²) in [6.45, 7) is 11.4. The molecule has 1 atom stereocenters. The Balaban J connectivity index is 1.41. The minimum absolute atomic E-state index is 0.00725. The van der Waals surface area contributed by atoms with Gasteiger partial charge in [-0.25, -0.2) is 14.8 Å². The monoisotopic (exact) mass is 480 g/mol. The quantitative estimate of drug-likeness (QED) is 0.607. The number of anilines is 2. The molecule has 1 aliphatic heterocycles. The first-order valence-corrected chi connectivity index (χ1v) is 11.6. The molecule has 0 unspecified atom stereocenters. The van der Waals surface area contributed by atoms with Crippen LogP contribution >= 0.6 is 0 Å². The molecule has 10 heteroatoms. The zero-order chi connectivity index (χ0) is 25.3.